The Hall–Kier alpha value is -3.55. The Morgan fingerprint density at radius 1 is 1.03 bits per heavy atom. The molecule has 32 heavy (non-hydrogen) atoms. The van der Waals surface area contributed by atoms with Gasteiger partial charge in [0.25, 0.3) is 5.91 Å². The Balaban J connectivity index is 2.11. The van der Waals surface area contributed by atoms with E-state index in [0.717, 1.165) is 11.1 Å². The van der Waals surface area contributed by atoms with Crippen molar-refractivity contribution in [2.45, 2.75) is 32.4 Å². The molecule has 1 aliphatic rings. The SMILES string of the molecule is CCOC(=O)C1CC(C(N)=O)N(C(=O)c2ccc(OC)c(OC)c2)C1c1ccc(C)cc1. The molecule has 0 bridgehead atoms. The van der Waals surface area contributed by atoms with Crippen LogP contribution in [0.4, 0.5) is 0 Å². The van der Waals surface area contributed by atoms with Crippen LogP contribution in [-0.2, 0) is 14.3 Å². The number of hydrogen-bond acceptors (Lipinski definition) is 6. The number of likely N-dealkylation sites (tertiary alicyclic amines) is 1. The molecule has 1 fully saturated rings. The molecule has 2 aromatic rings. The Bertz CT molecular complexity index is 1000. The van der Waals surface area contributed by atoms with Gasteiger partial charge in [-0.2, -0.15) is 0 Å². The molecular formula is C24H28N2O6. The first kappa shape index (κ1) is 23.1. The van der Waals surface area contributed by atoms with E-state index in [1.165, 1.54) is 19.1 Å². The van der Waals surface area contributed by atoms with Crippen LogP contribution in [0.2, 0.25) is 0 Å². The highest BCUT2D eigenvalue weighted by atomic mass is 16.5. The normalized spacial score (nSPS) is 20.0. The molecular weight excluding hydrogens is 412 g/mol. The van der Waals surface area contributed by atoms with E-state index < -0.39 is 35.8 Å². The van der Waals surface area contributed by atoms with E-state index in [0.29, 0.717) is 11.5 Å². The van der Waals surface area contributed by atoms with Crippen molar-refractivity contribution >= 4 is 17.8 Å². The van der Waals surface area contributed by atoms with E-state index in [9.17, 15) is 14.4 Å². The van der Waals surface area contributed by atoms with Gasteiger partial charge in [0.15, 0.2) is 11.5 Å². The second-order valence-corrected chi connectivity index (χ2v) is 7.65. The number of amides is 2. The maximum absolute atomic E-state index is 13.7. The van der Waals surface area contributed by atoms with E-state index in [4.69, 9.17) is 19.9 Å². The van der Waals surface area contributed by atoms with Gasteiger partial charge in [-0.15, -0.1) is 0 Å². The molecule has 8 heteroatoms. The third-order valence-corrected chi connectivity index (χ3v) is 5.70. The maximum Gasteiger partial charge on any atom is 0.311 e. The van der Waals surface area contributed by atoms with E-state index >= 15 is 0 Å². The van der Waals surface area contributed by atoms with Crippen molar-refractivity contribution in [2.75, 3.05) is 20.8 Å². The number of ether oxygens (including phenoxy) is 3. The number of hydrogen-bond donors (Lipinski definition) is 1. The van der Waals surface area contributed by atoms with Crippen LogP contribution in [0, 0.1) is 12.8 Å². The molecule has 3 atom stereocenters. The van der Waals surface area contributed by atoms with Crippen LogP contribution in [0.5, 0.6) is 11.5 Å². The molecule has 8 nitrogen and oxygen atoms in total. The van der Waals surface area contributed by atoms with E-state index in [2.05, 4.69) is 0 Å². The van der Waals surface area contributed by atoms with Crippen molar-refractivity contribution in [3.05, 3.63) is 59.2 Å². The number of nitrogens with two attached hydrogens (primary N) is 1. The molecule has 3 unspecified atom stereocenters. The Morgan fingerprint density at radius 2 is 1.69 bits per heavy atom. The lowest BCUT2D eigenvalue weighted by Gasteiger charge is -2.31. The molecule has 0 spiro atoms. The second-order valence-electron chi connectivity index (χ2n) is 7.65. The van der Waals surface area contributed by atoms with Gasteiger partial charge >= 0.3 is 5.97 Å². The molecule has 0 saturated carbocycles. The molecule has 170 valence electrons. The fourth-order valence-electron chi connectivity index (χ4n) is 4.14. The summed E-state index contributed by atoms with van der Waals surface area (Å²) in [6, 6.07) is 10.6. The molecule has 2 amide bonds. The average Bonchev–Trinajstić information content (AvgIpc) is 3.20. The number of esters is 1. The second kappa shape index (κ2) is 9.72. The fourth-order valence-corrected chi connectivity index (χ4v) is 4.14. The first-order valence-electron chi connectivity index (χ1n) is 10.4. The van der Waals surface area contributed by atoms with E-state index in [1.807, 2.05) is 31.2 Å². The smallest absolute Gasteiger partial charge is 0.311 e. The molecule has 3 rings (SSSR count). The monoisotopic (exact) mass is 440 g/mol. The van der Waals surface area contributed by atoms with Crippen LogP contribution >= 0.6 is 0 Å². The summed E-state index contributed by atoms with van der Waals surface area (Å²) < 4.78 is 15.8. The van der Waals surface area contributed by atoms with Crippen molar-refractivity contribution in [3.8, 4) is 11.5 Å². The van der Waals surface area contributed by atoms with Gasteiger partial charge in [0.2, 0.25) is 5.91 Å². The summed E-state index contributed by atoms with van der Waals surface area (Å²) in [7, 11) is 2.97. The first-order valence-corrected chi connectivity index (χ1v) is 10.4. The minimum Gasteiger partial charge on any atom is -0.493 e. The van der Waals surface area contributed by atoms with Gasteiger partial charge in [0, 0.05) is 5.56 Å². The number of rotatable bonds is 7. The number of primary amides is 1. The first-order chi connectivity index (χ1) is 15.3. The Labute approximate surface area is 187 Å². The molecule has 1 aliphatic heterocycles. The summed E-state index contributed by atoms with van der Waals surface area (Å²) in [6.07, 6.45) is 0.0890. The van der Waals surface area contributed by atoms with Gasteiger partial charge < -0.3 is 24.8 Å². The van der Waals surface area contributed by atoms with Crippen LogP contribution in [0.1, 0.15) is 40.9 Å². The summed E-state index contributed by atoms with van der Waals surface area (Å²) in [4.78, 5) is 40.2. The van der Waals surface area contributed by atoms with Crippen molar-refractivity contribution < 1.29 is 28.6 Å². The highest BCUT2D eigenvalue weighted by Crippen LogP contribution is 2.43. The molecule has 1 saturated heterocycles. The predicted octanol–water partition coefficient (Wildman–Crippen LogP) is 2.63. The van der Waals surface area contributed by atoms with Crippen molar-refractivity contribution in [2.24, 2.45) is 11.7 Å². The van der Waals surface area contributed by atoms with Crippen LogP contribution in [0.15, 0.2) is 42.5 Å². The molecule has 0 aromatic heterocycles. The van der Waals surface area contributed by atoms with E-state index in [1.54, 1.807) is 25.1 Å². The molecule has 1 heterocycles. The van der Waals surface area contributed by atoms with Crippen molar-refractivity contribution in [1.82, 2.24) is 4.90 Å². The number of methoxy groups -OCH3 is 2. The minimum absolute atomic E-state index is 0.0890. The largest absolute Gasteiger partial charge is 0.493 e. The number of carbonyl (C=O) groups excluding carboxylic acids is 3. The lowest BCUT2D eigenvalue weighted by atomic mass is 9.92. The van der Waals surface area contributed by atoms with Gasteiger partial charge in [0.05, 0.1) is 32.8 Å². The summed E-state index contributed by atoms with van der Waals surface area (Å²) in [5.41, 5.74) is 7.72. The zero-order chi connectivity index (χ0) is 23.4. The Morgan fingerprint density at radius 3 is 2.25 bits per heavy atom. The quantitative estimate of drug-likeness (QED) is 0.663. The van der Waals surface area contributed by atoms with Crippen LogP contribution in [0.25, 0.3) is 0 Å². The van der Waals surface area contributed by atoms with Crippen LogP contribution < -0.4 is 15.2 Å². The number of nitrogens with zero attached hydrogens (tertiary/aromatic N) is 1. The van der Waals surface area contributed by atoms with Crippen molar-refractivity contribution in [3.63, 3.8) is 0 Å². The summed E-state index contributed by atoms with van der Waals surface area (Å²) in [6.45, 7) is 3.85. The third kappa shape index (κ3) is 4.39. The van der Waals surface area contributed by atoms with Gasteiger partial charge in [0.1, 0.15) is 6.04 Å². The fraction of sp³-hybridized carbons (Fsp3) is 0.375. The highest BCUT2D eigenvalue weighted by Gasteiger charge is 2.50. The Kier molecular flexibility index (Phi) is 7.02. The molecule has 2 N–H and O–H groups in total. The third-order valence-electron chi connectivity index (χ3n) is 5.70. The maximum atomic E-state index is 13.7. The topological polar surface area (TPSA) is 108 Å². The minimum atomic E-state index is -0.962. The predicted molar refractivity (Wildman–Crippen MR) is 117 cm³/mol. The van der Waals surface area contributed by atoms with E-state index in [-0.39, 0.29) is 18.6 Å². The van der Waals surface area contributed by atoms with Crippen LogP contribution in [-0.4, -0.2) is 49.6 Å². The zero-order valence-corrected chi connectivity index (χ0v) is 18.7. The average molecular weight is 440 g/mol. The molecule has 0 aliphatic carbocycles. The van der Waals surface area contributed by atoms with Gasteiger partial charge in [-0.25, -0.2) is 0 Å². The van der Waals surface area contributed by atoms with Gasteiger partial charge in [-0.05, 0) is 44.0 Å². The lowest BCUT2D eigenvalue weighted by molar-refractivity contribution is -0.148. The number of carbonyl (C=O) groups is 3. The molecule has 2 aromatic carbocycles. The molecule has 0 radical (unpaired) electrons. The van der Waals surface area contributed by atoms with Crippen molar-refractivity contribution in [1.29, 1.82) is 0 Å². The standard InChI is InChI=1S/C24H28N2O6/c1-5-32-24(29)17-13-18(22(25)27)26(21(17)15-8-6-14(2)7-9-15)23(28)16-10-11-19(30-3)20(12-16)31-4/h6-12,17-18,21H,5,13H2,1-4H3,(H2,25,27). The van der Waals surface area contributed by atoms with Crippen LogP contribution in [0.3, 0.4) is 0 Å². The highest BCUT2D eigenvalue weighted by molar-refractivity contribution is 5.99. The summed E-state index contributed by atoms with van der Waals surface area (Å²) in [5, 5.41) is 0. The summed E-state index contributed by atoms with van der Waals surface area (Å²) >= 11 is 0. The summed E-state index contributed by atoms with van der Waals surface area (Å²) in [5.74, 6) is -1.46. The zero-order valence-electron chi connectivity index (χ0n) is 18.7. The van der Waals surface area contributed by atoms with Gasteiger partial charge in [-0.3, -0.25) is 14.4 Å². The van der Waals surface area contributed by atoms with Gasteiger partial charge in [-0.1, -0.05) is 29.8 Å². The lowest BCUT2D eigenvalue weighted by Crippen LogP contribution is -2.45. The number of benzene rings is 2. The number of aryl methyl sites for hydroxylation is 1.